The highest BCUT2D eigenvalue weighted by Crippen LogP contribution is 2.41. The van der Waals surface area contributed by atoms with Crippen molar-refractivity contribution in [3.63, 3.8) is 0 Å². The normalized spacial score (nSPS) is 25.0. The van der Waals surface area contributed by atoms with Crippen LogP contribution in [0.25, 0.3) is 11.0 Å². The van der Waals surface area contributed by atoms with Crippen molar-refractivity contribution < 1.29 is 4.42 Å². The molecule has 0 bridgehead atoms. The van der Waals surface area contributed by atoms with Crippen LogP contribution in [0.1, 0.15) is 43.6 Å². The van der Waals surface area contributed by atoms with Gasteiger partial charge in [-0.25, -0.2) is 5.43 Å². The Hall–Kier alpha value is -1.32. The van der Waals surface area contributed by atoms with Gasteiger partial charge in [-0.05, 0) is 36.8 Å². The summed E-state index contributed by atoms with van der Waals surface area (Å²) in [6.45, 7) is 4.40. The first kappa shape index (κ1) is 12.7. The average Bonchev–Trinajstić information content (AvgIpc) is 2.99. The number of benzene rings is 1. The second-order valence-electron chi connectivity index (χ2n) is 5.86. The van der Waals surface area contributed by atoms with Gasteiger partial charge in [-0.3, -0.25) is 5.84 Å². The predicted molar refractivity (Wildman–Crippen MR) is 77.5 cm³/mol. The summed E-state index contributed by atoms with van der Waals surface area (Å²) >= 11 is 0. The molecular weight excluding hydrogens is 236 g/mol. The van der Waals surface area contributed by atoms with E-state index in [4.69, 9.17) is 10.3 Å². The van der Waals surface area contributed by atoms with Crippen LogP contribution in [-0.2, 0) is 0 Å². The molecule has 1 aromatic heterocycles. The van der Waals surface area contributed by atoms with Crippen LogP contribution in [-0.4, -0.2) is 0 Å². The largest absolute Gasteiger partial charge is 0.459 e. The molecule has 0 spiro atoms. The van der Waals surface area contributed by atoms with Crippen LogP contribution in [0.2, 0.25) is 0 Å². The summed E-state index contributed by atoms with van der Waals surface area (Å²) in [5, 5.41) is 1.17. The number of hydrogen-bond donors (Lipinski definition) is 2. The molecule has 3 atom stereocenters. The second-order valence-corrected chi connectivity index (χ2v) is 5.86. The van der Waals surface area contributed by atoms with E-state index in [1.165, 1.54) is 30.2 Å². The number of aryl methyl sites for hydroxylation is 1. The zero-order valence-electron chi connectivity index (χ0n) is 11.6. The van der Waals surface area contributed by atoms with Crippen molar-refractivity contribution >= 4 is 11.0 Å². The number of para-hydroxylation sites is 1. The van der Waals surface area contributed by atoms with Gasteiger partial charge in [0.1, 0.15) is 11.3 Å². The number of rotatable bonds is 3. The van der Waals surface area contributed by atoms with Crippen molar-refractivity contribution in [2.75, 3.05) is 0 Å². The molecule has 2 aromatic rings. The summed E-state index contributed by atoms with van der Waals surface area (Å²) < 4.78 is 6.07. The maximum atomic E-state index is 6.07. The van der Waals surface area contributed by atoms with Crippen molar-refractivity contribution in [1.82, 2.24) is 5.43 Å². The van der Waals surface area contributed by atoms with E-state index in [1.807, 2.05) is 0 Å². The van der Waals surface area contributed by atoms with E-state index in [2.05, 4.69) is 43.5 Å². The van der Waals surface area contributed by atoms with Gasteiger partial charge in [0.25, 0.3) is 0 Å². The summed E-state index contributed by atoms with van der Waals surface area (Å²) in [5.41, 5.74) is 5.15. The molecule has 1 heterocycles. The molecule has 19 heavy (non-hydrogen) atoms. The molecule has 0 amide bonds. The van der Waals surface area contributed by atoms with Gasteiger partial charge in [0.15, 0.2) is 0 Å². The molecular formula is C16H22N2O. The monoisotopic (exact) mass is 258 g/mol. The molecule has 1 aliphatic carbocycles. The Kier molecular flexibility index (Phi) is 3.33. The zero-order chi connectivity index (χ0) is 13.4. The predicted octanol–water partition coefficient (Wildman–Crippen LogP) is 3.68. The van der Waals surface area contributed by atoms with E-state index < -0.39 is 0 Å². The maximum absolute atomic E-state index is 6.07. The molecule has 1 fully saturated rings. The van der Waals surface area contributed by atoms with Crippen LogP contribution < -0.4 is 11.3 Å². The molecule has 1 aromatic carbocycles. The van der Waals surface area contributed by atoms with Crippen molar-refractivity contribution in [2.45, 2.75) is 39.2 Å². The fourth-order valence-electron chi connectivity index (χ4n) is 3.47. The number of nitrogens with one attached hydrogen (secondary N) is 1. The highest BCUT2D eigenvalue weighted by atomic mass is 16.3. The quantitative estimate of drug-likeness (QED) is 0.652. The highest BCUT2D eigenvalue weighted by Gasteiger charge is 2.33. The molecule has 3 unspecified atom stereocenters. The maximum Gasteiger partial charge on any atom is 0.137 e. The molecule has 0 radical (unpaired) electrons. The summed E-state index contributed by atoms with van der Waals surface area (Å²) in [5.74, 6) is 8.05. The van der Waals surface area contributed by atoms with E-state index in [-0.39, 0.29) is 6.04 Å². The molecule has 3 nitrogen and oxygen atoms in total. The fourth-order valence-corrected chi connectivity index (χ4v) is 3.47. The third kappa shape index (κ3) is 2.17. The fraction of sp³-hybridized carbons (Fsp3) is 0.500. The van der Waals surface area contributed by atoms with Gasteiger partial charge in [0.2, 0.25) is 0 Å². The van der Waals surface area contributed by atoms with Gasteiger partial charge >= 0.3 is 0 Å². The van der Waals surface area contributed by atoms with Gasteiger partial charge < -0.3 is 4.42 Å². The van der Waals surface area contributed by atoms with Gasteiger partial charge in [-0.1, -0.05) is 38.0 Å². The zero-order valence-corrected chi connectivity index (χ0v) is 11.6. The Morgan fingerprint density at radius 1 is 1.37 bits per heavy atom. The number of nitrogens with two attached hydrogens (primary N) is 1. The van der Waals surface area contributed by atoms with Crippen molar-refractivity contribution in [3.8, 4) is 0 Å². The minimum atomic E-state index is 0.129. The van der Waals surface area contributed by atoms with Gasteiger partial charge in [-0.2, -0.15) is 0 Å². The molecule has 102 valence electrons. The lowest BCUT2D eigenvalue weighted by molar-refractivity contribution is 0.272. The lowest BCUT2D eigenvalue weighted by atomic mass is 9.89. The van der Waals surface area contributed by atoms with Crippen molar-refractivity contribution in [1.29, 1.82) is 0 Å². The minimum absolute atomic E-state index is 0.129. The summed E-state index contributed by atoms with van der Waals surface area (Å²) in [4.78, 5) is 0. The van der Waals surface area contributed by atoms with Crippen LogP contribution in [0.3, 0.4) is 0 Å². The Balaban J connectivity index is 1.99. The highest BCUT2D eigenvalue weighted by molar-refractivity contribution is 5.81. The summed E-state index contributed by atoms with van der Waals surface area (Å²) in [6, 6.07) is 8.52. The first-order valence-corrected chi connectivity index (χ1v) is 7.16. The molecule has 3 rings (SSSR count). The van der Waals surface area contributed by atoms with E-state index in [1.54, 1.807) is 0 Å². The third-order valence-corrected chi connectivity index (χ3v) is 4.60. The van der Waals surface area contributed by atoms with Crippen LogP contribution in [0.5, 0.6) is 0 Å². The summed E-state index contributed by atoms with van der Waals surface area (Å²) in [6.07, 6.45) is 3.82. The number of fused-ring (bicyclic) bond motifs is 1. The Morgan fingerprint density at radius 2 is 2.21 bits per heavy atom. The molecule has 1 aliphatic rings. The van der Waals surface area contributed by atoms with Gasteiger partial charge in [-0.15, -0.1) is 0 Å². The Bertz CT molecular complexity index is 575. The molecule has 3 heteroatoms. The van der Waals surface area contributed by atoms with E-state index in [0.29, 0.717) is 11.8 Å². The first-order chi connectivity index (χ1) is 9.20. The average molecular weight is 258 g/mol. The van der Waals surface area contributed by atoms with Crippen molar-refractivity contribution in [3.05, 3.63) is 35.6 Å². The van der Waals surface area contributed by atoms with E-state index >= 15 is 0 Å². The third-order valence-electron chi connectivity index (χ3n) is 4.60. The van der Waals surface area contributed by atoms with Gasteiger partial charge in [0, 0.05) is 5.39 Å². The SMILES string of the molecule is Cc1cccc2cc(C(NN)C3CCCC3C)oc12. The first-order valence-electron chi connectivity index (χ1n) is 7.16. The Morgan fingerprint density at radius 3 is 2.84 bits per heavy atom. The molecule has 0 saturated heterocycles. The second kappa shape index (κ2) is 4.99. The van der Waals surface area contributed by atoms with Crippen LogP contribution in [0, 0.1) is 18.8 Å². The smallest absolute Gasteiger partial charge is 0.137 e. The molecule has 0 aliphatic heterocycles. The topological polar surface area (TPSA) is 51.2 Å². The Labute approximate surface area is 114 Å². The molecule has 3 N–H and O–H groups in total. The number of hydrazine groups is 1. The van der Waals surface area contributed by atoms with Crippen molar-refractivity contribution in [2.24, 2.45) is 17.7 Å². The van der Waals surface area contributed by atoms with Crippen LogP contribution >= 0.6 is 0 Å². The van der Waals surface area contributed by atoms with E-state index in [0.717, 1.165) is 11.3 Å². The van der Waals surface area contributed by atoms with Gasteiger partial charge in [0.05, 0.1) is 6.04 Å². The van der Waals surface area contributed by atoms with Crippen LogP contribution in [0.4, 0.5) is 0 Å². The number of furan rings is 1. The minimum Gasteiger partial charge on any atom is -0.459 e. The molecule has 1 saturated carbocycles. The standard InChI is InChI=1S/C16H22N2O/c1-10-5-4-8-13(10)15(18-17)14-9-12-7-3-6-11(2)16(12)19-14/h3,6-7,9-10,13,15,18H,4-5,8,17H2,1-2H3. The number of hydrogen-bond acceptors (Lipinski definition) is 3. The lowest BCUT2D eigenvalue weighted by Gasteiger charge is -2.24. The lowest BCUT2D eigenvalue weighted by Crippen LogP contribution is -2.34. The summed E-state index contributed by atoms with van der Waals surface area (Å²) in [7, 11) is 0. The van der Waals surface area contributed by atoms with E-state index in [9.17, 15) is 0 Å². The van der Waals surface area contributed by atoms with Crippen LogP contribution in [0.15, 0.2) is 28.7 Å².